The van der Waals surface area contributed by atoms with Gasteiger partial charge in [-0.15, -0.1) is 14.8 Å². The lowest BCUT2D eigenvalue weighted by Crippen LogP contribution is -2.21. The first-order valence-electron chi connectivity index (χ1n) is 7.14. The molecule has 2 aromatic rings. The summed E-state index contributed by atoms with van der Waals surface area (Å²) >= 11 is 0. The molecule has 19 heavy (non-hydrogen) atoms. The molecule has 0 atom stereocenters. The van der Waals surface area contributed by atoms with Crippen molar-refractivity contribution in [3.05, 3.63) is 12.1 Å². The van der Waals surface area contributed by atoms with Crippen LogP contribution in [0.4, 0.5) is 5.82 Å². The Morgan fingerprint density at radius 2 is 2.00 bits per heavy atom. The summed E-state index contributed by atoms with van der Waals surface area (Å²) in [6.45, 7) is 3.30. The van der Waals surface area contributed by atoms with E-state index in [4.69, 9.17) is 0 Å². The lowest BCUT2D eigenvalue weighted by atomic mass is 9.81. The summed E-state index contributed by atoms with van der Waals surface area (Å²) in [4.78, 5) is 0. The second kappa shape index (κ2) is 5.50. The molecule has 1 aliphatic rings. The van der Waals surface area contributed by atoms with E-state index in [0.29, 0.717) is 5.65 Å². The van der Waals surface area contributed by atoms with Crippen LogP contribution in [0.2, 0.25) is 0 Å². The Morgan fingerprint density at radius 1 is 1.21 bits per heavy atom. The molecule has 0 amide bonds. The number of anilines is 1. The first kappa shape index (κ1) is 12.3. The third-order valence-corrected chi connectivity index (χ3v) is 4.19. The molecule has 0 saturated heterocycles. The Balaban J connectivity index is 1.54. The SMILES string of the molecule is CCC1CCC(CNc2ccc3nnnn3n2)CC1. The zero-order chi connectivity index (χ0) is 13.1. The number of aromatic nitrogens is 5. The van der Waals surface area contributed by atoms with Crippen LogP contribution in [-0.2, 0) is 0 Å². The third-order valence-electron chi connectivity index (χ3n) is 4.19. The van der Waals surface area contributed by atoms with E-state index in [0.717, 1.165) is 24.2 Å². The quantitative estimate of drug-likeness (QED) is 0.912. The molecule has 0 unspecified atom stereocenters. The fraction of sp³-hybridized carbons (Fsp3) is 0.692. The van der Waals surface area contributed by atoms with Gasteiger partial charge < -0.3 is 5.32 Å². The van der Waals surface area contributed by atoms with Crippen LogP contribution in [0.3, 0.4) is 0 Å². The second-order valence-electron chi connectivity index (χ2n) is 5.42. The van der Waals surface area contributed by atoms with Crippen molar-refractivity contribution >= 4 is 11.5 Å². The Morgan fingerprint density at radius 3 is 2.79 bits per heavy atom. The van der Waals surface area contributed by atoms with Gasteiger partial charge in [-0.2, -0.15) is 0 Å². The normalized spacial score (nSPS) is 23.6. The van der Waals surface area contributed by atoms with E-state index in [2.05, 4.69) is 32.9 Å². The second-order valence-corrected chi connectivity index (χ2v) is 5.42. The maximum atomic E-state index is 4.32. The molecule has 6 heteroatoms. The van der Waals surface area contributed by atoms with Crippen LogP contribution >= 0.6 is 0 Å². The monoisotopic (exact) mass is 260 g/mol. The Hall–Kier alpha value is -1.72. The Bertz CT molecular complexity index is 529. The van der Waals surface area contributed by atoms with Gasteiger partial charge >= 0.3 is 0 Å². The number of hydrogen-bond acceptors (Lipinski definition) is 5. The number of nitrogens with zero attached hydrogens (tertiary/aromatic N) is 5. The lowest BCUT2D eigenvalue weighted by molar-refractivity contribution is 0.278. The minimum absolute atomic E-state index is 0.675. The number of tetrazole rings is 1. The topological polar surface area (TPSA) is 68.0 Å². The van der Waals surface area contributed by atoms with Crippen molar-refractivity contribution in [1.82, 2.24) is 25.3 Å². The molecule has 0 bridgehead atoms. The zero-order valence-electron chi connectivity index (χ0n) is 11.3. The number of nitrogens with one attached hydrogen (secondary N) is 1. The average Bonchev–Trinajstić information content (AvgIpc) is 2.93. The number of rotatable bonds is 4. The van der Waals surface area contributed by atoms with Crippen LogP contribution in [0.1, 0.15) is 39.0 Å². The fourth-order valence-electron chi connectivity index (χ4n) is 2.84. The van der Waals surface area contributed by atoms with E-state index in [1.165, 1.54) is 36.7 Å². The van der Waals surface area contributed by atoms with Gasteiger partial charge in [0.15, 0.2) is 5.65 Å². The Labute approximate surface area is 112 Å². The molecule has 2 aromatic heterocycles. The van der Waals surface area contributed by atoms with Gasteiger partial charge in [0.2, 0.25) is 0 Å². The molecular weight excluding hydrogens is 240 g/mol. The summed E-state index contributed by atoms with van der Waals surface area (Å²) in [7, 11) is 0. The molecule has 0 radical (unpaired) electrons. The van der Waals surface area contributed by atoms with Gasteiger partial charge in [0, 0.05) is 6.54 Å². The van der Waals surface area contributed by atoms with E-state index >= 15 is 0 Å². The first-order valence-corrected chi connectivity index (χ1v) is 7.14. The van der Waals surface area contributed by atoms with E-state index in [1.54, 1.807) is 0 Å². The molecule has 1 saturated carbocycles. The highest BCUT2D eigenvalue weighted by atomic mass is 15.6. The van der Waals surface area contributed by atoms with E-state index in [9.17, 15) is 0 Å². The largest absolute Gasteiger partial charge is 0.368 e. The predicted molar refractivity (Wildman–Crippen MR) is 72.8 cm³/mol. The molecule has 3 rings (SSSR count). The van der Waals surface area contributed by atoms with E-state index in [1.807, 2.05) is 12.1 Å². The molecule has 102 valence electrons. The van der Waals surface area contributed by atoms with Crippen molar-refractivity contribution in [2.45, 2.75) is 39.0 Å². The van der Waals surface area contributed by atoms with E-state index < -0.39 is 0 Å². The minimum atomic E-state index is 0.675. The summed E-state index contributed by atoms with van der Waals surface area (Å²) in [5, 5.41) is 18.9. The molecule has 0 aliphatic heterocycles. The van der Waals surface area contributed by atoms with Crippen molar-refractivity contribution < 1.29 is 0 Å². The van der Waals surface area contributed by atoms with Crippen LogP contribution in [0.15, 0.2) is 12.1 Å². The molecular formula is C13H20N6. The molecule has 1 fully saturated rings. The zero-order valence-corrected chi connectivity index (χ0v) is 11.3. The van der Waals surface area contributed by atoms with Gasteiger partial charge in [-0.25, -0.2) is 0 Å². The highest BCUT2D eigenvalue weighted by Crippen LogP contribution is 2.30. The van der Waals surface area contributed by atoms with Crippen LogP contribution < -0.4 is 5.32 Å². The lowest BCUT2D eigenvalue weighted by Gasteiger charge is -2.27. The van der Waals surface area contributed by atoms with E-state index in [-0.39, 0.29) is 0 Å². The van der Waals surface area contributed by atoms with Gasteiger partial charge in [-0.05, 0) is 47.2 Å². The molecule has 1 aliphatic carbocycles. The highest BCUT2D eigenvalue weighted by molar-refractivity contribution is 5.42. The van der Waals surface area contributed by atoms with Crippen molar-refractivity contribution in [2.24, 2.45) is 11.8 Å². The van der Waals surface area contributed by atoms with Crippen LogP contribution in [0.5, 0.6) is 0 Å². The minimum Gasteiger partial charge on any atom is -0.368 e. The maximum Gasteiger partial charge on any atom is 0.200 e. The summed E-state index contributed by atoms with van der Waals surface area (Å²) in [6.07, 6.45) is 6.75. The van der Waals surface area contributed by atoms with Crippen LogP contribution in [-0.4, -0.2) is 31.8 Å². The maximum absolute atomic E-state index is 4.32. The smallest absolute Gasteiger partial charge is 0.200 e. The standard InChI is InChI=1S/C13H20N6/c1-2-10-3-5-11(6-4-10)9-14-12-7-8-13-15-17-18-19(13)16-12/h7-8,10-11H,2-6,9H2,1H3,(H,14,16). The van der Waals surface area contributed by atoms with Crippen LogP contribution in [0, 0.1) is 11.8 Å². The summed E-state index contributed by atoms with van der Waals surface area (Å²) < 4.78 is 1.45. The molecule has 6 nitrogen and oxygen atoms in total. The molecule has 1 N–H and O–H groups in total. The highest BCUT2D eigenvalue weighted by Gasteiger charge is 2.19. The van der Waals surface area contributed by atoms with Crippen LogP contribution in [0.25, 0.3) is 5.65 Å². The Kier molecular flexibility index (Phi) is 3.57. The first-order chi connectivity index (χ1) is 9.35. The van der Waals surface area contributed by atoms with Crippen molar-refractivity contribution in [1.29, 1.82) is 0 Å². The van der Waals surface area contributed by atoms with Gasteiger partial charge in [0.25, 0.3) is 0 Å². The molecule has 0 spiro atoms. The fourth-order valence-corrected chi connectivity index (χ4v) is 2.84. The molecule has 2 heterocycles. The third kappa shape index (κ3) is 2.83. The van der Waals surface area contributed by atoms with Crippen molar-refractivity contribution in [2.75, 3.05) is 11.9 Å². The van der Waals surface area contributed by atoms with Crippen molar-refractivity contribution in [3.8, 4) is 0 Å². The molecule has 0 aromatic carbocycles. The summed E-state index contributed by atoms with van der Waals surface area (Å²) in [5.41, 5.74) is 0.675. The predicted octanol–water partition coefficient (Wildman–Crippen LogP) is 2.15. The number of fused-ring (bicyclic) bond motifs is 1. The van der Waals surface area contributed by atoms with Gasteiger partial charge in [0.1, 0.15) is 5.82 Å². The van der Waals surface area contributed by atoms with Gasteiger partial charge in [0.05, 0.1) is 0 Å². The summed E-state index contributed by atoms with van der Waals surface area (Å²) in [6, 6.07) is 3.81. The summed E-state index contributed by atoms with van der Waals surface area (Å²) in [5.74, 6) is 2.57. The van der Waals surface area contributed by atoms with Gasteiger partial charge in [-0.1, -0.05) is 26.2 Å². The van der Waals surface area contributed by atoms with Crippen molar-refractivity contribution in [3.63, 3.8) is 0 Å². The average molecular weight is 260 g/mol. The number of hydrogen-bond donors (Lipinski definition) is 1. The van der Waals surface area contributed by atoms with Gasteiger partial charge in [-0.3, -0.25) is 0 Å².